The molecule has 0 radical (unpaired) electrons. The van der Waals surface area contributed by atoms with E-state index in [2.05, 4.69) is 10.6 Å². The van der Waals surface area contributed by atoms with E-state index >= 15 is 0 Å². The van der Waals surface area contributed by atoms with Crippen LogP contribution in [0.3, 0.4) is 0 Å². The van der Waals surface area contributed by atoms with Crippen LogP contribution in [0.15, 0.2) is 12.1 Å². The number of aryl methyl sites for hydroxylation is 1. The Bertz CT molecular complexity index is 453. The van der Waals surface area contributed by atoms with E-state index in [-0.39, 0.29) is 5.91 Å². The quantitative estimate of drug-likeness (QED) is 0.795. The van der Waals surface area contributed by atoms with Crippen LogP contribution in [0.4, 0.5) is 5.69 Å². The van der Waals surface area contributed by atoms with Gasteiger partial charge in [-0.25, -0.2) is 0 Å². The lowest BCUT2D eigenvalue weighted by Gasteiger charge is -2.17. The Kier molecular flexibility index (Phi) is 6.42. The minimum absolute atomic E-state index is 0.121. The van der Waals surface area contributed by atoms with Crippen molar-refractivity contribution in [2.24, 2.45) is 0 Å². The zero-order chi connectivity index (χ0) is 14.4. The molecule has 0 fully saturated rings. The zero-order valence-corrected chi connectivity index (χ0v) is 12.7. The fourth-order valence-corrected chi connectivity index (χ4v) is 1.92. The Hall–Kier alpha value is -0.970. The van der Waals surface area contributed by atoms with Gasteiger partial charge < -0.3 is 15.4 Å². The molecule has 0 aliphatic carbocycles. The molecule has 2 N–H and O–H groups in total. The molecular formula is C13H18Cl2N2O2. The van der Waals surface area contributed by atoms with Gasteiger partial charge in [0, 0.05) is 18.7 Å². The number of amides is 1. The smallest absolute Gasteiger partial charge is 0.242 e. The van der Waals surface area contributed by atoms with Crippen LogP contribution in [0, 0.1) is 6.92 Å². The van der Waals surface area contributed by atoms with Crippen LogP contribution in [-0.4, -0.2) is 32.2 Å². The molecule has 1 atom stereocenters. The first-order chi connectivity index (χ1) is 8.95. The molecular weight excluding hydrogens is 287 g/mol. The topological polar surface area (TPSA) is 50.4 Å². The second-order valence-corrected chi connectivity index (χ2v) is 5.05. The summed E-state index contributed by atoms with van der Waals surface area (Å²) in [6.07, 6.45) is 0. The third-order valence-corrected chi connectivity index (χ3v) is 3.34. The number of halogens is 2. The maximum Gasteiger partial charge on any atom is 0.242 e. The van der Waals surface area contributed by atoms with Crippen LogP contribution in [0.25, 0.3) is 0 Å². The van der Waals surface area contributed by atoms with Crippen molar-refractivity contribution in [3.8, 4) is 0 Å². The molecule has 4 nitrogen and oxygen atoms in total. The summed E-state index contributed by atoms with van der Waals surface area (Å²) in [4.78, 5) is 11.8. The molecule has 19 heavy (non-hydrogen) atoms. The first kappa shape index (κ1) is 16.1. The van der Waals surface area contributed by atoms with Gasteiger partial charge in [0.25, 0.3) is 0 Å². The van der Waals surface area contributed by atoms with Crippen molar-refractivity contribution < 1.29 is 9.53 Å². The summed E-state index contributed by atoms with van der Waals surface area (Å²) in [5, 5.41) is 6.93. The number of methoxy groups -OCH3 is 1. The summed E-state index contributed by atoms with van der Waals surface area (Å²) in [5.41, 5.74) is 1.54. The van der Waals surface area contributed by atoms with Crippen LogP contribution < -0.4 is 10.6 Å². The number of hydrogen-bond acceptors (Lipinski definition) is 3. The van der Waals surface area contributed by atoms with Gasteiger partial charge in [-0.05, 0) is 31.5 Å². The summed E-state index contributed by atoms with van der Waals surface area (Å²) in [5.74, 6) is -0.121. The molecule has 1 aromatic carbocycles. The second kappa shape index (κ2) is 7.58. The second-order valence-electron chi connectivity index (χ2n) is 4.23. The van der Waals surface area contributed by atoms with Crippen molar-refractivity contribution >= 4 is 34.8 Å². The van der Waals surface area contributed by atoms with Crippen molar-refractivity contribution in [3.63, 3.8) is 0 Å². The first-order valence-corrected chi connectivity index (χ1v) is 6.70. The van der Waals surface area contributed by atoms with Gasteiger partial charge in [-0.2, -0.15) is 0 Å². The number of nitrogens with one attached hydrogen (secondary N) is 2. The highest BCUT2D eigenvalue weighted by atomic mass is 35.5. The number of carbonyl (C=O) groups excluding carboxylic acids is 1. The van der Waals surface area contributed by atoms with E-state index in [4.69, 9.17) is 27.9 Å². The molecule has 1 aromatic rings. The van der Waals surface area contributed by atoms with Gasteiger partial charge in [-0.1, -0.05) is 23.2 Å². The van der Waals surface area contributed by atoms with Crippen LogP contribution >= 0.6 is 23.2 Å². The minimum atomic E-state index is -0.409. The van der Waals surface area contributed by atoms with Gasteiger partial charge >= 0.3 is 0 Å². The summed E-state index contributed by atoms with van der Waals surface area (Å²) >= 11 is 12.1. The SMILES string of the molecule is COCCNC(=O)C(C)Nc1cc(Cl)c(C)cc1Cl. The number of anilines is 1. The predicted molar refractivity (Wildman–Crippen MR) is 79.2 cm³/mol. The molecule has 1 rings (SSSR count). The normalized spacial score (nSPS) is 12.1. The lowest BCUT2D eigenvalue weighted by atomic mass is 10.2. The van der Waals surface area contributed by atoms with Crippen LogP contribution in [0.1, 0.15) is 12.5 Å². The van der Waals surface area contributed by atoms with Gasteiger partial charge in [0.1, 0.15) is 6.04 Å². The monoisotopic (exact) mass is 304 g/mol. The number of carbonyl (C=O) groups is 1. The zero-order valence-electron chi connectivity index (χ0n) is 11.2. The van der Waals surface area contributed by atoms with Gasteiger partial charge in [-0.15, -0.1) is 0 Å². The molecule has 0 bridgehead atoms. The van der Waals surface area contributed by atoms with Gasteiger partial charge in [0.15, 0.2) is 0 Å². The molecule has 0 aromatic heterocycles. The lowest BCUT2D eigenvalue weighted by molar-refractivity contribution is -0.121. The van der Waals surface area contributed by atoms with Crippen LogP contribution in [-0.2, 0) is 9.53 Å². The van der Waals surface area contributed by atoms with Crippen molar-refractivity contribution in [1.29, 1.82) is 0 Å². The highest BCUT2D eigenvalue weighted by Gasteiger charge is 2.14. The molecule has 0 spiro atoms. The Morgan fingerprint density at radius 2 is 2.05 bits per heavy atom. The average Bonchev–Trinajstić information content (AvgIpc) is 2.36. The number of benzene rings is 1. The van der Waals surface area contributed by atoms with Crippen molar-refractivity contribution in [3.05, 3.63) is 27.7 Å². The summed E-state index contributed by atoms with van der Waals surface area (Å²) in [6.45, 7) is 4.59. The Morgan fingerprint density at radius 3 is 2.68 bits per heavy atom. The molecule has 6 heteroatoms. The largest absolute Gasteiger partial charge is 0.383 e. The molecule has 0 saturated carbocycles. The molecule has 0 aliphatic heterocycles. The van der Waals surface area contributed by atoms with E-state index in [1.165, 1.54) is 0 Å². The van der Waals surface area contributed by atoms with E-state index < -0.39 is 6.04 Å². The summed E-state index contributed by atoms with van der Waals surface area (Å²) in [7, 11) is 1.59. The Balaban J connectivity index is 2.63. The van der Waals surface area contributed by atoms with E-state index in [1.807, 2.05) is 6.92 Å². The van der Waals surface area contributed by atoms with E-state index in [1.54, 1.807) is 26.2 Å². The van der Waals surface area contributed by atoms with Crippen molar-refractivity contribution in [2.75, 3.05) is 25.6 Å². The first-order valence-electron chi connectivity index (χ1n) is 5.94. The third kappa shape index (κ3) is 4.90. The third-order valence-electron chi connectivity index (χ3n) is 2.62. The molecule has 0 heterocycles. The standard InChI is InChI=1S/C13H18Cl2N2O2/c1-8-6-11(15)12(7-10(8)14)17-9(2)13(18)16-4-5-19-3/h6-7,9,17H,4-5H2,1-3H3,(H,16,18). The lowest BCUT2D eigenvalue weighted by Crippen LogP contribution is -2.39. The molecule has 1 unspecified atom stereocenters. The number of rotatable bonds is 6. The minimum Gasteiger partial charge on any atom is -0.383 e. The molecule has 106 valence electrons. The highest BCUT2D eigenvalue weighted by Crippen LogP contribution is 2.29. The Labute approximate surface area is 123 Å². The molecule has 1 amide bonds. The van der Waals surface area contributed by atoms with E-state index in [0.717, 1.165) is 5.56 Å². The Morgan fingerprint density at radius 1 is 1.37 bits per heavy atom. The highest BCUT2D eigenvalue weighted by molar-refractivity contribution is 6.35. The fraction of sp³-hybridized carbons (Fsp3) is 0.462. The van der Waals surface area contributed by atoms with Gasteiger partial charge in [0.2, 0.25) is 5.91 Å². The van der Waals surface area contributed by atoms with Gasteiger partial charge in [-0.3, -0.25) is 4.79 Å². The van der Waals surface area contributed by atoms with Crippen LogP contribution in [0.2, 0.25) is 10.0 Å². The van der Waals surface area contributed by atoms with Crippen molar-refractivity contribution in [1.82, 2.24) is 5.32 Å². The molecule has 0 saturated heterocycles. The predicted octanol–water partition coefficient (Wildman–Crippen LogP) is 2.86. The van der Waals surface area contributed by atoms with E-state index in [0.29, 0.717) is 28.9 Å². The van der Waals surface area contributed by atoms with Crippen molar-refractivity contribution in [2.45, 2.75) is 19.9 Å². The average molecular weight is 305 g/mol. The fourth-order valence-electron chi connectivity index (χ4n) is 1.49. The van der Waals surface area contributed by atoms with Crippen LogP contribution in [0.5, 0.6) is 0 Å². The number of ether oxygens (including phenoxy) is 1. The summed E-state index contributed by atoms with van der Waals surface area (Å²) in [6, 6.07) is 3.08. The van der Waals surface area contributed by atoms with Gasteiger partial charge in [0.05, 0.1) is 17.3 Å². The van der Waals surface area contributed by atoms with E-state index in [9.17, 15) is 4.79 Å². The molecule has 0 aliphatic rings. The maximum atomic E-state index is 11.8. The number of hydrogen-bond donors (Lipinski definition) is 2. The summed E-state index contributed by atoms with van der Waals surface area (Å²) < 4.78 is 4.86. The maximum absolute atomic E-state index is 11.8.